The van der Waals surface area contributed by atoms with E-state index in [-0.39, 0.29) is 11.9 Å². The number of rotatable bonds is 5. The Hall–Kier alpha value is -2.31. The van der Waals surface area contributed by atoms with Gasteiger partial charge >= 0.3 is 0 Å². The quantitative estimate of drug-likeness (QED) is 0.904. The number of hydrogen-bond donors (Lipinski definition) is 1. The highest BCUT2D eigenvalue weighted by Crippen LogP contribution is 2.26. The second kappa shape index (κ2) is 7.72. The van der Waals surface area contributed by atoms with Crippen molar-refractivity contribution in [3.8, 4) is 0 Å². The molecule has 1 aromatic carbocycles. The maximum absolute atomic E-state index is 13.2. The first-order valence-corrected chi connectivity index (χ1v) is 8.49. The van der Waals surface area contributed by atoms with E-state index in [9.17, 15) is 9.18 Å². The summed E-state index contributed by atoms with van der Waals surface area (Å²) in [7, 11) is 0. The van der Waals surface area contributed by atoms with Crippen molar-refractivity contribution >= 4 is 5.91 Å². The summed E-state index contributed by atoms with van der Waals surface area (Å²) < 4.78 is 13.2. The third-order valence-electron chi connectivity index (χ3n) is 4.88. The SMILES string of the molecule is C[C@H](c1cccnc1)N1CCN([C@H](C(N)=O)c2ccc(F)cc2)CC1. The van der Waals surface area contributed by atoms with Crippen molar-refractivity contribution in [2.45, 2.75) is 19.0 Å². The summed E-state index contributed by atoms with van der Waals surface area (Å²) in [6.07, 6.45) is 3.66. The number of amides is 1. The molecule has 2 atom stereocenters. The van der Waals surface area contributed by atoms with Crippen LogP contribution in [0.15, 0.2) is 48.8 Å². The molecule has 0 aliphatic carbocycles. The molecule has 2 heterocycles. The first-order valence-electron chi connectivity index (χ1n) is 8.49. The van der Waals surface area contributed by atoms with Crippen LogP contribution in [0.3, 0.4) is 0 Å². The molecular formula is C19H23FN4O. The van der Waals surface area contributed by atoms with Crippen molar-refractivity contribution < 1.29 is 9.18 Å². The van der Waals surface area contributed by atoms with E-state index in [2.05, 4.69) is 27.8 Å². The van der Waals surface area contributed by atoms with Crippen LogP contribution >= 0.6 is 0 Å². The van der Waals surface area contributed by atoms with Crippen LogP contribution < -0.4 is 5.73 Å². The zero-order chi connectivity index (χ0) is 17.8. The van der Waals surface area contributed by atoms with E-state index in [0.29, 0.717) is 0 Å². The predicted octanol–water partition coefficient (Wildman–Crippen LogP) is 2.13. The molecule has 1 aromatic heterocycles. The van der Waals surface area contributed by atoms with Gasteiger partial charge in [-0.25, -0.2) is 4.39 Å². The minimum atomic E-state index is -0.517. The smallest absolute Gasteiger partial charge is 0.239 e. The number of halogens is 1. The van der Waals surface area contributed by atoms with Crippen LogP contribution in [0.25, 0.3) is 0 Å². The molecule has 0 bridgehead atoms. The standard InChI is InChI=1S/C19H23FN4O/c1-14(16-3-2-8-22-13-16)23-9-11-24(12-10-23)18(19(21)25)15-4-6-17(20)7-5-15/h2-8,13-14,18H,9-12H2,1H3,(H2,21,25)/t14-,18+/m1/s1. The molecule has 3 rings (SSSR count). The Bertz CT molecular complexity index is 699. The summed E-state index contributed by atoms with van der Waals surface area (Å²) in [5.41, 5.74) is 7.55. The van der Waals surface area contributed by atoms with E-state index in [1.54, 1.807) is 18.3 Å². The van der Waals surface area contributed by atoms with Gasteiger partial charge in [0.15, 0.2) is 0 Å². The maximum Gasteiger partial charge on any atom is 0.239 e. The molecule has 132 valence electrons. The lowest BCUT2D eigenvalue weighted by molar-refractivity contribution is -0.124. The predicted molar refractivity (Wildman–Crippen MR) is 94.1 cm³/mol. The highest BCUT2D eigenvalue weighted by molar-refractivity contribution is 5.81. The van der Waals surface area contributed by atoms with E-state index in [1.807, 2.05) is 12.3 Å². The number of nitrogens with zero attached hydrogens (tertiary/aromatic N) is 3. The average Bonchev–Trinajstić information content (AvgIpc) is 2.64. The highest BCUT2D eigenvalue weighted by Gasteiger charge is 2.30. The van der Waals surface area contributed by atoms with Gasteiger partial charge in [0.2, 0.25) is 5.91 Å². The van der Waals surface area contributed by atoms with Crippen molar-refractivity contribution in [2.24, 2.45) is 5.73 Å². The number of aromatic nitrogens is 1. The van der Waals surface area contributed by atoms with Crippen LogP contribution in [0.1, 0.15) is 30.1 Å². The molecule has 1 aliphatic heterocycles. The van der Waals surface area contributed by atoms with Gasteiger partial charge in [0.05, 0.1) is 0 Å². The van der Waals surface area contributed by atoms with Crippen LogP contribution in [0.4, 0.5) is 4.39 Å². The highest BCUT2D eigenvalue weighted by atomic mass is 19.1. The Morgan fingerprint density at radius 3 is 2.28 bits per heavy atom. The number of piperazine rings is 1. The van der Waals surface area contributed by atoms with Crippen molar-refractivity contribution in [2.75, 3.05) is 26.2 Å². The van der Waals surface area contributed by atoms with E-state index < -0.39 is 11.9 Å². The Labute approximate surface area is 147 Å². The number of benzene rings is 1. The van der Waals surface area contributed by atoms with Crippen LogP contribution in [-0.2, 0) is 4.79 Å². The molecule has 5 nitrogen and oxygen atoms in total. The molecule has 0 radical (unpaired) electrons. The molecule has 0 spiro atoms. The Kier molecular flexibility index (Phi) is 5.40. The number of primary amides is 1. The fraction of sp³-hybridized carbons (Fsp3) is 0.368. The third kappa shape index (κ3) is 4.03. The fourth-order valence-electron chi connectivity index (χ4n) is 3.42. The van der Waals surface area contributed by atoms with Gasteiger partial charge in [0, 0.05) is 44.6 Å². The van der Waals surface area contributed by atoms with Gasteiger partial charge in [-0.2, -0.15) is 0 Å². The van der Waals surface area contributed by atoms with Crippen molar-refractivity contribution in [3.05, 3.63) is 65.7 Å². The lowest BCUT2D eigenvalue weighted by Crippen LogP contribution is -2.50. The van der Waals surface area contributed by atoms with Crippen molar-refractivity contribution in [3.63, 3.8) is 0 Å². The Balaban J connectivity index is 1.67. The van der Waals surface area contributed by atoms with Crippen LogP contribution in [0.2, 0.25) is 0 Å². The summed E-state index contributed by atoms with van der Waals surface area (Å²) in [5, 5.41) is 0. The molecule has 0 saturated carbocycles. The maximum atomic E-state index is 13.2. The number of nitrogens with two attached hydrogens (primary N) is 1. The average molecular weight is 342 g/mol. The third-order valence-corrected chi connectivity index (χ3v) is 4.88. The van der Waals surface area contributed by atoms with Crippen LogP contribution in [0, 0.1) is 5.82 Å². The van der Waals surface area contributed by atoms with Gasteiger partial charge in [-0.1, -0.05) is 18.2 Å². The summed E-state index contributed by atoms with van der Waals surface area (Å²) in [4.78, 5) is 20.6. The molecule has 2 N–H and O–H groups in total. The second-order valence-electron chi connectivity index (χ2n) is 6.39. The van der Waals surface area contributed by atoms with Gasteiger partial charge in [-0.05, 0) is 36.2 Å². The van der Waals surface area contributed by atoms with Gasteiger partial charge in [-0.3, -0.25) is 19.6 Å². The van der Waals surface area contributed by atoms with E-state index >= 15 is 0 Å². The zero-order valence-electron chi connectivity index (χ0n) is 14.3. The molecule has 2 aromatic rings. The number of carbonyl (C=O) groups excluding carboxylic acids is 1. The van der Waals surface area contributed by atoms with Crippen molar-refractivity contribution in [1.29, 1.82) is 0 Å². The first-order chi connectivity index (χ1) is 12.1. The molecule has 1 fully saturated rings. The number of pyridine rings is 1. The van der Waals surface area contributed by atoms with Gasteiger partial charge in [0.1, 0.15) is 11.9 Å². The van der Waals surface area contributed by atoms with Gasteiger partial charge in [-0.15, -0.1) is 0 Å². The first kappa shape index (κ1) is 17.5. The summed E-state index contributed by atoms with van der Waals surface area (Å²) >= 11 is 0. The summed E-state index contributed by atoms with van der Waals surface area (Å²) in [6, 6.07) is 9.78. The Morgan fingerprint density at radius 1 is 1.08 bits per heavy atom. The molecule has 6 heteroatoms. The molecule has 1 amide bonds. The summed E-state index contributed by atoms with van der Waals surface area (Å²) in [6.45, 7) is 5.30. The lowest BCUT2D eigenvalue weighted by atomic mass is 10.0. The van der Waals surface area contributed by atoms with Gasteiger partial charge in [0.25, 0.3) is 0 Å². The van der Waals surface area contributed by atoms with Gasteiger partial charge < -0.3 is 5.73 Å². The molecule has 0 unspecified atom stereocenters. The zero-order valence-corrected chi connectivity index (χ0v) is 14.3. The second-order valence-corrected chi connectivity index (χ2v) is 6.39. The summed E-state index contributed by atoms with van der Waals surface area (Å²) in [5.74, 6) is -0.720. The number of hydrogen-bond acceptors (Lipinski definition) is 4. The molecule has 1 saturated heterocycles. The molecule has 25 heavy (non-hydrogen) atoms. The van der Waals surface area contributed by atoms with Crippen LogP contribution in [0.5, 0.6) is 0 Å². The van der Waals surface area contributed by atoms with E-state index in [4.69, 9.17) is 5.73 Å². The minimum absolute atomic E-state index is 0.272. The minimum Gasteiger partial charge on any atom is -0.368 e. The van der Waals surface area contributed by atoms with Crippen molar-refractivity contribution in [1.82, 2.24) is 14.8 Å². The number of carbonyl (C=O) groups is 1. The van der Waals surface area contributed by atoms with Crippen LogP contribution in [-0.4, -0.2) is 46.9 Å². The Morgan fingerprint density at radius 2 is 1.72 bits per heavy atom. The largest absolute Gasteiger partial charge is 0.368 e. The lowest BCUT2D eigenvalue weighted by Gasteiger charge is -2.40. The fourth-order valence-corrected chi connectivity index (χ4v) is 3.42. The van der Waals surface area contributed by atoms with E-state index in [0.717, 1.165) is 31.7 Å². The molecular weight excluding hydrogens is 319 g/mol. The normalized spacial score (nSPS) is 18.6. The molecule has 1 aliphatic rings. The topological polar surface area (TPSA) is 62.5 Å². The monoisotopic (exact) mass is 342 g/mol. The van der Waals surface area contributed by atoms with E-state index in [1.165, 1.54) is 17.7 Å².